The predicted octanol–water partition coefficient (Wildman–Crippen LogP) is 3.04. The van der Waals surface area contributed by atoms with Crippen LogP contribution >= 0.6 is 0 Å². The second-order valence-corrected chi connectivity index (χ2v) is 5.07. The molecule has 3 nitrogen and oxygen atoms in total. The summed E-state index contributed by atoms with van der Waals surface area (Å²) in [5.41, 5.74) is 5.36. The van der Waals surface area contributed by atoms with E-state index < -0.39 is 11.6 Å². The molecule has 1 aromatic rings. The molecule has 0 heterocycles. The van der Waals surface area contributed by atoms with Crippen molar-refractivity contribution in [2.75, 3.05) is 18.9 Å². The molecule has 0 aliphatic carbocycles. The Morgan fingerprint density at radius 3 is 2.26 bits per heavy atom. The van der Waals surface area contributed by atoms with E-state index in [9.17, 15) is 8.78 Å². The number of hydrogen-bond donors (Lipinski definition) is 1. The smallest absolute Gasteiger partial charge is 0.152 e. The van der Waals surface area contributed by atoms with Crippen LogP contribution in [0.5, 0.6) is 5.75 Å². The first kappa shape index (κ1) is 15.7. The Hall–Kier alpha value is -1.36. The van der Waals surface area contributed by atoms with Crippen molar-refractivity contribution in [2.45, 2.75) is 39.8 Å². The summed E-state index contributed by atoms with van der Waals surface area (Å²) in [6.07, 6.45) is 0. The summed E-state index contributed by atoms with van der Waals surface area (Å²) in [4.78, 5) is 2.23. The Kier molecular flexibility index (Phi) is 5.54. The normalized spacial score (nSPS) is 11.6. The minimum atomic E-state index is -0.792. The number of hydrogen-bond acceptors (Lipinski definition) is 3. The van der Waals surface area contributed by atoms with Gasteiger partial charge in [-0.15, -0.1) is 0 Å². The van der Waals surface area contributed by atoms with Gasteiger partial charge in [-0.3, -0.25) is 4.90 Å². The van der Waals surface area contributed by atoms with Crippen molar-refractivity contribution in [2.24, 2.45) is 0 Å². The molecule has 0 atom stereocenters. The van der Waals surface area contributed by atoms with Crippen LogP contribution in [0.3, 0.4) is 0 Å². The van der Waals surface area contributed by atoms with Crippen LogP contribution in [0.25, 0.3) is 0 Å². The zero-order valence-electron chi connectivity index (χ0n) is 11.9. The maximum Gasteiger partial charge on any atom is 0.152 e. The lowest BCUT2D eigenvalue weighted by Crippen LogP contribution is -2.39. The standard InChI is InChI=1S/C14H22F2N2O/c1-9(2)18(10(3)4)5-6-19-13-8-11(15)7-12(16)14(13)17/h7-10H,5-6,17H2,1-4H3. The van der Waals surface area contributed by atoms with E-state index in [1.54, 1.807) is 0 Å². The van der Waals surface area contributed by atoms with E-state index in [2.05, 4.69) is 32.6 Å². The minimum Gasteiger partial charge on any atom is -0.490 e. The molecule has 0 radical (unpaired) electrons. The average Bonchev–Trinajstić information content (AvgIpc) is 2.29. The van der Waals surface area contributed by atoms with E-state index in [1.807, 2.05) is 0 Å². The summed E-state index contributed by atoms with van der Waals surface area (Å²) in [5, 5.41) is 0. The molecule has 1 rings (SSSR count). The van der Waals surface area contributed by atoms with Gasteiger partial charge in [-0.25, -0.2) is 8.78 Å². The first-order valence-corrected chi connectivity index (χ1v) is 6.46. The van der Waals surface area contributed by atoms with E-state index >= 15 is 0 Å². The SMILES string of the molecule is CC(C)N(CCOc1cc(F)cc(F)c1N)C(C)C. The quantitative estimate of drug-likeness (QED) is 0.809. The third-order valence-corrected chi connectivity index (χ3v) is 2.99. The second kappa shape index (κ2) is 6.70. The van der Waals surface area contributed by atoms with Gasteiger partial charge in [0.15, 0.2) is 5.82 Å². The van der Waals surface area contributed by atoms with Crippen LogP contribution in [0.4, 0.5) is 14.5 Å². The van der Waals surface area contributed by atoms with Crippen molar-refractivity contribution in [1.29, 1.82) is 0 Å². The number of halogens is 2. The first-order valence-electron chi connectivity index (χ1n) is 6.46. The fourth-order valence-corrected chi connectivity index (χ4v) is 2.05. The highest BCUT2D eigenvalue weighted by molar-refractivity contribution is 5.53. The summed E-state index contributed by atoms with van der Waals surface area (Å²) in [7, 11) is 0. The van der Waals surface area contributed by atoms with Crippen LogP contribution in [0.15, 0.2) is 12.1 Å². The van der Waals surface area contributed by atoms with Crippen molar-refractivity contribution in [3.05, 3.63) is 23.8 Å². The summed E-state index contributed by atoms with van der Waals surface area (Å²) in [6.45, 7) is 9.38. The van der Waals surface area contributed by atoms with Crippen molar-refractivity contribution in [3.63, 3.8) is 0 Å². The Morgan fingerprint density at radius 2 is 1.74 bits per heavy atom. The molecule has 0 bridgehead atoms. The van der Waals surface area contributed by atoms with Gasteiger partial charge in [0, 0.05) is 30.8 Å². The van der Waals surface area contributed by atoms with Gasteiger partial charge < -0.3 is 10.5 Å². The molecular formula is C14H22F2N2O. The van der Waals surface area contributed by atoms with Gasteiger partial charge in [0.05, 0.1) is 0 Å². The molecule has 2 N–H and O–H groups in total. The van der Waals surface area contributed by atoms with E-state index in [-0.39, 0.29) is 11.4 Å². The Morgan fingerprint density at radius 1 is 1.16 bits per heavy atom. The molecule has 0 fully saturated rings. The Bertz CT molecular complexity index is 414. The lowest BCUT2D eigenvalue weighted by atomic mass is 10.2. The van der Waals surface area contributed by atoms with Gasteiger partial charge in [0.2, 0.25) is 0 Å². The maximum atomic E-state index is 13.2. The summed E-state index contributed by atoms with van der Waals surface area (Å²) >= 11 is 0. The second-order valence-electron chi connectivity index (χ2n) is 5.07. The fourth-order valence-electron chi connectivity index (χ4n) is 2.05. The first-order chi connectivity index (χ1) is 8.82. The highest BCUT2D eigenvalue weighted by atomic mass is 19.1. The molecule has 0 unspecified atom stereocenters. The summed E-state index contributed by atoms with van der Waals surface area (Å²) in [5.74, 6) is -1.42. The van der Waals surface area contributed by atoms with E-state index in [4.69, 9.17) is 10.5 Å². The average molecular weight is 272 g/mol. The van der Waals surface area contributed by atoms with Crippen molar-refractivity contribution < 1.29 is 13.5 Å². The van der Waals surface area contributed by atoms with Gasteiger partial charge in [0.1, 0.15) is 23.9 Å². The largest absolute Gasteiger partial charge is 0.490 e. The van der Waals surface area contributed by atoms with E-state index in [0.29, 0.717) is 25.2 Å². The lowest BCUT2D eigenvalue weighted by Gasteiger charge is -2.30. The van der Waals surface area contributed by atoms with E-state index in [1.165, 1.54) is 0 Å². The highest BCUT2D eigenvalue weighted by Gasteiger charge is 2.14. The van der Waals surface area contributed by atoms with Gasteiger partial charge in [-0.05, 0) is 27.7 Å². The predicted molar refractivity (Wildman–Crippen MR) is 73.2 cm³/mol. The topological polar surface area (TPSA) is 38.5 Å². The van der Waals surface area contributed by atoms with Crippen LogP contribution in [0.1, 0.15) is 27.7 Å². The van der Waals surface area contributed by atoms with Gasteiger partial charge >= 0.3 is 0 Å². The third-order valence-electron chi connectivity index (χ3n) is 2.99. The van der Waals surface area contributed by atoms with Gasteiger partial charge in [-0.2, -0.15) is 0 Å². The monoisotopic (exact) mass is 272 g/mol. The van der Waals surface area contributed by atoms with Gasteiger partial charge in [0.25, 0.3) is 0 Å². The van der Waals surface area contributed by atoms with Crippen LogP contribution < -0.4 is 10.5 Å². The molecule has 5 heteroatoms. The number of benzene rings is 1. The van der Waals surface area contributed by atoms with Crippen molar-refractivity contribution >= 4 is 5.69 Å². The number of nitrogen functional groups attached to an aromatic ring is 1. The molecule has 0 saturated heterocycles. The zero-order valence-corrected chi connectivity index (χ0v) is 11.9. The lowest BCUT2D eigenvalue weighted by molar-refractivity contribution is 0.142. The Balaban J connectivity index is 2.62. The molecule has 0 aliphatic heterocycles. The molecule has 0 aliphatic rings. The molecule has 108 valence electrons. The minimum absolute atomic E-state index is 0.0602. The van der Waals surface area contributed by atoms with Gasteiger partial charge in [-0.1, -0.05) is 0 Å². The number of rotatable bonds is 6. The zero-order chi connectivity index (χ0) is 14.6. The van der Waals surface area contributed by atoms with Crippen LogP contribution in [0, 0.1) is 11.6 Å². The molecule has 19 heavy (non-hydrogen) atoms. The third kappa shape index (κ3) is 4.35. The van der Waals surface area contributed by atoms with Crippen molar-refractivity contribution in [3.8, 4) is 5.75 Å². The number of anilines is 1. The molecule has 0 aromatic heterocycles. The Labute approximate surface area is 113 Å². The number of nitrogens with zero attached hydrogens (tertiary/aromatic N) is 1. The molecule has 1 aromatic carbocycles. The summed E-state index contributed by atoms with van der Waals surface area (Å²) < 4.78 is 31.7. The summed E-state index contributed by atoms with van der Waals surface area (Å²) in [6, 6.07) is 2.61. The molecule has 0 spiro atoms. The molecular weight excluding hydrogens is 250 g/mol. The maximum absolute atomic E-state index is 13.2. The fraction of sp³-hybridized carbons (Fsp3) is 0.571. The number of ether oxygens (including phenoxy) is 1. The van der Waals surface area contributed by atoms with E-state index in [0.717, 1.165) is 12.1 Å². The number of nitrogens with two attached hydrogens (primary N) is 1. The molecule has 0 saturated carbocycles. The highest BCUT2D eigenvalue weighted by Crippen LogP contribution is 2.25. The van der Waals surface area contributed by atoms with Crippen LogP contribution in [0.2, 0.25) is 0 Å². The van der Waals surface area contributed by atoms with Crippen LogP contribution in [-0.2, 0) is 0 Å². The van der Waals surface area contributed by atoms with Crippen molar-refractivity contribution in [1.82, 2.24) is 4.90 Å². The van der Waals surface area contributed by atoms with Crippen LogP contribution in [-0.4, -0.2) is 30.1 Å². The molecule has 0 amide bonds.